The number of aromatic nitrogens is 4. The molecule has 6 rings (SSSR count). The lowest BCUT2D eigenvalue weighted by molar-refractivity contribution is -0.152. The molecule has 2 amide bonds. The molecule has 13 nitrogen and oxygen atoms in total. The highest BCUT2D eigenvalue weighted by Gasteiger charge is 2.54. The smallest absolute Gasteiger partial charge is 0.339 e. The van der Waals surface area contributed by atoms with Crippen molar-refractivity contribution in [3.63, 3.8) is 0 Å². The summed E-state index contributed by atoms with van der Waals surface area (Å²) in [4.78, 5) is 36.9. The molecule has 42 heavy (non-hydrogen) atoms. The number of hydrogen-bond acceptors (Lipinski definition) is 9. The Morgan fingerprint density at radius 3 is 2.62 bits per heavy atom. The van der Waals surface area contributed by atoms with Crippen molar-refractivity contribution in [2.24, 2.45) is 0 Å². The fourth-order valence-corrected chi connectivity index (χ4v) is 4.93. The van der Waals surface area contributed by atoms with Crippen LogP contribution in [0.5, 0.6) is 5.75 Å². The van der Waals surface area contributed by atoms with Gasteiger partial charge in [0.2, 0.25) is 0 Å². The van der Waals surface area contributed by atoms with Crippen LogP contribution in [-0.4, -0.2) is 68.1 Å². The van der Waals surface area contributed by atoms with E-state index in [1.54, 1.807) is 34.9 Å². The zero-order valence-corrected chi connectivity index (χ0v) is 22.3. The summed E-state index contributed by atoms with van der Waals surface area (Å²) in [5.74, 6) is -1.11. The number of benzene rings is 2. The number of urea groups is 1. The molecule has 4 aromatic rings. The van der Waals surface area contributed by atoms with E-state index in [1.807, 2.05) is 6.92 Å². The number of carbonyl (C=O) groups is 2. The van der Waals surface area contributed by atoms with Crippen LogP contribution in [0.1, 0.15) is 41.8 Å². The van der Waals surface area contributed by atoms with Gasteiger partial charge in [-0.05, 0) is 30.7 Å². The van der Waals surface area contributed by atoms with Crippen molar-refractivity contribution >= 4 is 29.0 Å². The summed E-state index contributed by atoms with van der Waals surface area (Å²) in [6, 6.07) is 11.7. The molecule has 0 spiro atoms. The first kappa shape index (κ1) is 27.5. The highest BCUT2D eigenvalue weighted by Crippen LogP contribution is 2.45. The average Bonchev–Trinajstić information content (AvgIpc) is 3.70. The van der Waals surface area contributed by atoms with E-state index in [1.165, 1.54) is 30.9 Å². The summed E-state index contributed by atoms with van der Waals surface area (Å²) in [6.45, 7) is 2.40. The molecule has 3 N–H and O–H groups in total. The third-order valence-electron chi connectivity index (χ3n) is 6.91. The van der Waals surface area contributed by atoms with Crippen molar-refractivity contribution in [3.05, 3.63) is 78.1 Å². The van der Waals surface area contributed by atoms with Crippen LogP contribution in [0.15, 0.2) is 61.2 Å². The van der Waals surface area contributed by atoms with Crippen LogP contribution in [0, 0.1) is 5.82 Å². The summed E-state index contributed by atoms with van der Waals surface area (Å²) in [5, 5.41) is 15.0. The molecule has 2 fully saturated rings. The molecule has 2 aliphatic heterocycles. The fraction of sp³-hybridized carbons (Fsp3) is 0.321. The first-order chi connectivity index (χ1) is 20.4. The Balaban J connectivity index is 1.29. The summed E-state index contributed by atoms with van der Waals surface area (Å²) in [7, 11) is 0. The minimum absolute atomic E-state index is 0.0108. The molecule has 5 atom stereocenters. The predicted molar refractivity (Wildman–Crippen MR) is 144 cm³/mol. The number of aromatic carboxylic acids is 1. The molecular formula is C28H27FN6O7. The van der Waals surface area contributed by atoms with E-state index in [4.69, 9.17) is 18.9 Å². The van der Waals surface area contributed by atoms with Crippen LogP contribution in [0.4, 0.5) is 15.0 Å². The second-order valence-corrected chi connectivity index (χ2v) is 9.69. The number of rotatable bonds is 9. The van der Waals surface area contributed by atoms with Gasteiger partial charge >= 0.3 is 12.0 Å². The third-order valence-corrected chi connectivity index (χ3v) is 6.91. The molecule has 0 radical (unpaired) electrons. The monoisotopic (exact) mass is 578 g/mol. The first-order valence-corrected chi connectivity index (χ1v) is 13.3. The van der Waals surface area contributed by atoms with Gasteiger partial charge in [-0.25, -0.2) is 28.9 Å². The van der Waals surface area contributed by atoms with E-state index >= 15 is 0 Å². The number of carbonyl (C=O) groups excluding carboxylic acids is 1. The van der Waals surface area contributed by atoms with E-state index < -0.39 is 42.8 Å². The number of amides is 2. The van der Waals surface area contributed by atoms with Gasteiger partial charge in [-0.15, -0.1) is 0 Å². The third kappa shape index (κ3) is 5.34. The number of halogens is 1. The van der Waals surface area contributed by atoms with Crippen LogP contribution < -0.4 is 15.4 Å². The van der Waals surface area contributed by atoms with Crippen LogP contribution in [0.3, 0.4) is 0 Å². The Bertz CT molecular complexity index is 1600. The molecule has 218 valence electrons. The summed E-state index contributed by atoms with van der Waals surface area (Å²) >= 11 is 0. The van der Waals surface area contributed by atoms with Gasteiger partial charge in [0.05, 0.1) is 6.33 Å². The maximum atomic E-state index is 13.6. The Morgan fingerprint density at radius 1 is 1.05 bits per heavy atom. The van der Waals surface area contributed by atoms with Gasteiger partial charge < -0.3 is 29.4 Å². The zero-order chi connectivity index (χ0) is 29.2. The number of nitrogens with zero attached hydrogens (tertiary/aromatic N) is 4. The minimum atomic E-state index is -1.12. The van der Waals surface area contributed by atoms with Crippen LogP contribution >= 0.6 is 0 Å². The molecule has 4 heterocycles. The van der Waals surface area contributed by atoms with Gasteiger partial charge in [-0.2, -0.15) is 0 Å². The fourth-order valence-electron chi connectivity index (χ4n) is 4.93. The number of para-hydroxylation sites is 1. The number of fused-ring (bicyclic) bond motifs is 2. The molecule has 2 aromatic carbocycles. The van der Waals surface area contributed by atoms with Crippen LogP contribution in [0.25, 0.3) is 11.2 Å². The molecule has 4 unspecified atom stereocenters. The molecule has 2 saturated heterocycles. The number of nitrogens with one attached hydrogen (secondary N) is 2. The number of anilines is 1. The first-order valence-electron chi connectivity index (χ1n) is 13.3. The van der Waals surface area contributed by atoms with E-state index in [9.17, 15) is 19.1 Å². The maximum absolute atomic E-state index is 13.6. The van der Waals surface area contributed by atoms with E-state index in [-0.39, 0.29) is 29.6 Å². The maximum Gasteiger partial charge on any atom is 0.339 e. The second-order valence-electron chi connectivity index (χ2n) is 9.69. The standard InChI is InChI=1S/C28H27FN6O7/c1-2-11-30-28(38)34-23-20-24(32-13-31-23)35(14-33-20)25-22-21(41-27(42-22)15-7-9-16(29)10-8-15)19(40-25)12-39-18-6-4-3-5-17(18)26(36)37/h3-10,13-14,19,21-22,25,27H,2,11-12H2,1H3,(H,36,37)(H2,30,31,32,34,38)/t19?,21?,22?,25?,27-/m0/s1. The van der Waals surface area contributed by atoms with E-state index in [2.05, 4.69) is 25.6 Å². The number of hydrogen-bond donors (Lipinski definition) is 3. The van der Waals surface area contributed by atoms with Crippen molar-refractivity contribution in [1.82, 2.24) is 24.8 Å². The Morgan fingerprint density at radius 2 is 1.83 bits per heavy atom. The van der Waals surface area contributed by atoms with Crippen molar-refractivity contribution in [3.8, 4) is 5.75 Å². The van der Waals surface area contributed by atoms with Crippen molar-refractivity contribution in [1.29, 1.82) is 0 Å². The van der Waals surface area contributed by atoms with Crippen LogP contribution in [-0.2, 0) is 14.2 Å². The Labute approximate surface area is 238 Å². The van der Waals surface area contributed by atoms with Gasteiger partial charge in [0, 0.05) is 12.1 Å². The lowest BCUT2D eigenvalue weighted by Gasteiger charge is -2.22. The van der Waals surface area contributed by atoms with Gasteiger partial charge in [-0.1, -0.05) is 31.2 Å². The predicted octanol–water partition coefficient (Wildman–Crippen LogP) is 3.65. The highest BCUT2D eigenvalue weighted by molar-refractivity contribution is 5.95. The average molecular weight is 579 g/mol. The van der Waals surface area contributed by atoms with Crippen LogP contribution in [0.2, 0.25) is 0 Å². The number of carboxylic acid groups (broad SMARTS) is 1. The summed E-state index contributed by atoms with van der Waals surface area (Å²) < 4.78 is 40.0. The van der Waals surface area contributed by atoms with Crippen molar-refractivity contribution in [2.45, 2.75) is 44.2 Å². The quantitative estimate of drug-likeness (QED) is 0.268. The largest absolute Gasteiger partial charge is 0.490 e. The Hall–Kier alpha value is -4.66. The molecule has 14 heteroatoms. The minimum Gasteiger partial charge on any atom is -0.490 e. The molecule has 0 saturated carbocycles. The second kappa shape index (κ2) is 11.7. The highest BCUT2D eigenvalue weighted by atomic mass is 19.1. The number of ether oxygens (including phenoxy) is 4. The summed E-state index contributed by atoms with van der Waals surface area (Å²) in [5.41, 5.74) is 1.35. The molecule has 0 aliphatic carbocycles. The van der Waals surface area contributed by atoms with E-state index in [0.29, 0.717) is 23.3 Å². The number of carboxylic acids is 1. The molecular weight excluding hydrogens is 551 g/mol. The van der Waals surface area contributed by atoms with E-state index in [0.717, 1.165) is 6.42 Å². The van der Waals surface area contributed by atoms with Gasteiger partial charge in [0.15, 0.2) is 29.5 Å². The lowest BCUT2D eigenvalue weighted by Crippen LogP contribution is -2.32. The van der Waals surface area contributed by atoms with Crippen molar-refractivity contribution < 1.29 is 38.0 Å². The number of imidazole rings is 1. The Kier molecular flexibility index (Phi) is 7.65. The summed E-state index contributed by atoms with van der Waals surface area (Å²) in [6.07, 6.45) is -0.0124. The van der Waals surface area contributed by atoms with Gasteiger partial charge in [0.1, 0.15) is 48.4 Å². The molecule has 2 aliphatic rings. The van der Waals surface area contributed by atoms with Crippen molar-refractivity contribution in [2.75, 3.05) is 18.5 Å². The normalized spacial score (nSPS) is 23.0. The topological polar surface area (TPSA) is 159 Å². The van der Waals surface area contributed by atoms with Gasteiger partial charge in [0.25, 0.3) is 0 Å². The molecule has 2 aromatic heterocycles. The zero-order valence-electron chi connectivity index (χ0n) is 22.3. The molecule has 0 bridgehead atoms. The van der Waals surface area contributed by atoms with Gasteiger partial charge in [-0.3, -0.25) is 9.88 Å². The lowest BCUT2D eigenvalue weighted by atomic mass is 10.1. The SMILES string of the molecule is CCCNC(=O)Nc1ncnc2c1ncn2C1OC(COc2ccccc2C(=O)O)C2O[C@H](c3ccc(F)cc3)OC21.